The van der Waals surface area contributed by atoms with Crippen molar-refractivity contribution >= 4 is 23.0 Å². The lowest BCUT2D eigenvalue weighted by Gasteiger charge is -2.31. The number of pyridine rings is 1. The van der Waals surface area contributed by atoms with Gasteiger partial charge in [0.1, 0.15) is 12.7 Å². The van der Waals surface area contributed by atoms with Gasteiger partial charge in [-0.3, -0.25) is 0 Å². The summed E-state index contributed by atoms with van der Waals surface area (Å²) in [7, 11) is 0. The minimum absolute atomic E-state index is 0.374. The molecule has 5 aromatic rings. The van der Waals surface area contributed by atoms with E-state index < -0.39 is 0 Å². The standard InChI is InChI=1S/C25H27N11/c1-3-18-12-28-25(29-13-18)34-10-7-19(8-11-34)22-14-27-24-21(6-9-30-36(22)24)33-20-4-5-23(32-17(20)2)35-16-26-15-31-35/h4-6,9,12-16,19,33H,3,7-8,10-11H2,1-2H3. The fourth-order valence-electron chi connectivity index (χ4n) is 4.64. The van der Waals surface area contributed by atoms with Gasteiger partial charge in [-0.25, -0.2) is 34.1 Å². The number of hydrogen-bond donors (Lipinski definition) is 1. The third kappa shape index (κ3) is 4.12. The Bertz CT molecular complexity index is 1470. The van der Waals surface area contributed by atoms with Crippen LogP contribution in [0.1, 0.15) is 42.6 Å². The zero-order chi connectivity index (χ0) is 24.5. The molecule has 1 N–H and O–H groups in total. The van der Waals surface area contributed by atoms with Crippen LogP contribution in [0, 0.1) is 6.92 Å². The van der Waals surface area contributed by atoms with Crippen molar-refractivity contribution in [2.24, 2.45) is 0 Å². The number of anilines is 3. The van der Waals surface area contributed by atoms with Crippen molar-refractivity contribution in [3.8, 4) is 5.82 Å². The van der Waals surface area contributed by atoms with Gasteiger partial charge in [-0.15, -0.1) is 0 Å². The van der Waals surface area contributed by atoms with Crippen LogP contribution in [0.15, 0.2) is 55.6 Å². The van der Waals surface area contributed by atoms with Crippen LogP contribution >= 0.6 is 0 Å². The summed E-state index contributed by atoms with van der Waals surface area (Å²) in [5.74, 6) is 1.91. The van der Waals surface area contributed by atoms with E-state index in [4.69, 9.17) is 4.98 Å². The fraction of sp³-hybridized carbons (Fsp3) is 0.320. The Morgan fingerprint density at radius 2 is 1.81 bits per heavy atom. The minimum Gasteiger partial charge on any atom is -0.351 e. The van der Waals surface area contributed by atoms with Crippen LogP contribution in [0.5, 0.6) is 0 Å². The van der Waals surface area contributed by atoms with Crippen molar-refractivity contribution < 1.29 is 0 Å². The molecule has 0 bridgehead atoms. The van der Waals surface area contributed by atoms with Gasteiger partial charge in [0.2, 0.25) is 5.95 Å². The molecule has 11 heteroatoms. The predicted molar refractivity (Wildman–Crippen MR) is 136 cm³/mol. The summed E-state index contributed by atoms with van der Waals surface area (Å²) in [6.45, 7) is 5.89. The van der Waals surface area contributed by atoms with E-state index in [2.05, 4.69) is 47.3 Å². The van der Waals surface area contributed by atoms with E-state index in [0.717, 1.165) is 78.1 Å². The molecule has 36 heavy (non-hydrogen) atoms. The molecule has 0 aliphatic carbocycles. The van der Waals surface area contributed by atoms with Crippen LogP contribution in [0.4, 0.5) is 17.3 Å². The molecule has 6 heterocycles. The van der Waals surface area contributed by atoms with Gasteiger partial charge in [-0.05, 0) is 49.9 Å². The Labute approximate surface area is 208 Å². The number of hydrogen-bond acceptors (Lipinski definition) is 9. The van der Waals surface area contributed by atoms with E-state index in [9.17, 15) is 0 Å². The predicted octanol–water partition coefficient (Wildman–Crippen LogP) is 3.49. The van der Waals surface area contributed by atoms with Crippen molar-refractivity contribution in [2.75, 3.05) is 23.3 Å². The number of fused-ring (bicyclic) bond motifs is 1. The van der Waals surface area contributed by atoms with Crippen LogP contribution < -0.4 is 10.2 Å². The molecule has 1 fully saturated rings. The number of rotatable bonds is 6. The van der Waals surface area contributed by atoms with Gasteiger partial charge in [-0.2, -0.15) is 10.2 Å². The van der Waals surface area contributed by atoms with Crippen molar-refractivity contribution in [1.29, 1.82) is 0 Å². The van der Waals surface area contributed by atoms with Gasteiger partial charge < -0.3 is 10.2 Å². The number of aromatic nitrogens is 9. The molecule has 1 aliphatic rings. The van der Waals surface area contributed by atoms with Crippen LogP contribution in [0.2, 0.25) is 0 Å². The summed E-state index contributed by atoms with van der Waals surface area (Å²) in [5.41, 5.74) is 5.73. The number of imidazole rings is 1. The number of nitrogens with zero attached hydrogens (tertiary/aromatic N) is 10. The van der Waals surface area contributed by atoms with Crippen molar-refractivity contribution in [3.05, 3.63) is 72.6 Å². The highest BCUT2D eigenvalue weighted by molar-refractivity contribution is 5.74. The van der Waals surface area contributed by atoms with Gasteiger partial charge in [0, 0.05) is 31.4 Å². The summed E-state index contributed by atoms with van der Waals surface area (Å²) in [4.78, 5) is 24.7. The van der Waals surface area contributed by atoms with Gasteiger partial charge in [0.25, 0.3) is 0 Å². The monoisotopic (exact) mass is 481 g/mol. The maximum atomic E-state index is 4.73. The second-order valence-electron chi connectivity index (χ2n) is 8.94. The van der Waals surface area contributed by atoms with Crippen molar-refractivity contribution in [1.82, 2.24) is 44.3 Å². The lowest BCUT2D eigenvalue weighted by Crippen LogP contribution is -2.34. The van der Waals surface area contributed by atoms with E-state index in [0.29, 0.717) is 5.92 Å². The summed E-state index contributed by atoms with van der Waals surface area (Å²) in [6, 6.07) is 5.84. The minimum atomic E-state index is 0.374. The summed E-state index contributed by atoms with van der Waals surface area (Å²) in [6.07, 6.45) is 13.7. The molecular formula is C25H27N11. The molecule has 0 atom stereocenters. The Balaban J connectivity index is 1.19. The third-order valence-electron chi connectivity index (χ3n) is 6.72. The molecule has 182 valence electrons. The Morgan fingerprint density at radius 3 is 2.53 bits per heavy atom. The van der Waals surface area contributed by atoms with Crippen LogP contribution in [-0.2, 0) is 6.42 Å². The molecule has 0 radical (unpaired) electrons. The Kier molecular flexibility index (Phi) is 5.72. The van der Waals surface area contributed by atoms with Gasteiger partial charge in [0.05, 0.1) is 35.2 Å². The van der Waals surface area contributed by atoms with Crippen LogP contribution in [0.3, 0.4) is 0 Å². The van der Waals surface area contributed by atoms with Gasteiger partial charge in [-0.1, -0.05) is 6.92 Å². The van der Waals surface area contributed by atoms with Crippen molar-refractivity contribution in [3.63, 3.8) is 0 Å². The Hall–Kier alpha value is -4.41. The first kappa shape index (κ1) is 22.1. The smallest absolute Gasteiger partial charge is 0.225 e. The fourth-order valence-corrected chi connectivity index (χ4v) is 4.64. The zero-order valence-electron chi connectivity index (χ0n) is 20.3. The van der Waals surface area contributed by atoms with Crippen LogP contribution in [-0.4, -0.2) is 57.4 Å². The van der Waals surface area contributed by atoms with Gasteiger partial charge >= 0.3 is 0 Å². The molecule has 0 amide bonds. The first-order valence-corrected chi connectivity index (χ1v) is 12.2. The Morgan fingerprint density at radius 1 is 0.972 bits per heavy atom. The van der Waals surface area contributed by atoms with E-state index in [1.165, 1.54) is 6.33 Å². The molecule has 5 aromatic heterocycles. The molecule has 0 spiro atoms. The zero-order valence-corrected chi connectivity index (χ0v) is 20.3. The molecular weight excluding hydrogens is 454 g/mol. The summed E-state index contributed by atoms with van der Waals surface area (Å²) >= 11 is 0. The molecule has 6 rings (SSSR count). The average Bonchev–Trinajstić information content (AvgIpc) is 3.61. The quantitative estimate of drug-likeness (QED) is 0.389. The first-order valence-electron chi connectivity index (χ1n) is 12.2. The van der Waals surface area contributed by atoms with Crippen molar-refractivity contribution in [2.45, 2.75) is 39.0 Å². The lowest BCUT2D eigenvalue weighted by molar-refractivity contribution is 0.484. The largest absolute Gasteiger partial charge is 0.351 e. The maximum absolute atomic E-state index is 4.73. The molecule has 1 saturated heterocycles. The lowest BCUT2D eigenvalue weighted by atomic mass is 9.94. The molecule has 0 aromatic carbocycles. The topological polar surface area (TPSA) is 115 Å². The second kappa shape index (κ2) is 9.33. The summed E-state index contributed by atoms with van der Waals surface area (Å²) < 4.78 is 3.60. The molecule has 0 unspecified atom stereocenters. The molecule has 1 aliphatic heterocycles. The number of nitrogens with one attached hydrogen (secondary N) is 1. The van der Waals surface area contributed by atoms with Crippen LogP contribution in [0.25, 0.3) is 11.5 Å². The number of aryl methyl sites for hydroxylation is 2. The van der Waals surface area contributed by atoms with E-state index >= 15 is 0 Å². The normalized spacial score (nSPS) is 14.4. The molecule has 11 nitrogen and oxygen atoms in total. The summed E-state index contributed by atoms with van der Waals surface area (Å²) in [5, 5.41) is 12.3. The highest BCUT2D eigenvalue weighted by atomic mass is 15.3. The van der Waals surface area contributed by atoms with E-state index in [-0.39, 0.29) is 0 Å². The maximum Gasteiger partial charge on any atom is 0.225 e. The second-order valence-corrected chi connectivity index (χ2v) is 8.94. The van der Waals surface area contributed by atoms with Gasteiger partial charge in [0.15, 0.2) is 11.5 Å². The highest BCUT2D eigenvalue weighted by Crippen LogP contribution is 2.31. The SMILES string of the molecule is CCc1cnc(N2CCC(c3cnc4c(Nc5ccc(-n6cncn6)nc5C)ccnn34)CC2)nc1. The van der Waals surface area contributed by atoms with E-state index in [1.54, 1.807) is 11.0 Å². The average molecular weight is 482 g/mol. The number of piperidine rings is 1. The third-order valence-corrected chi connectivity index (χ3v) is 6.72. The first-order chi connectivity index (χ1) is 17.7. The highest BCUT2D eigenvalue weighted by Gasteiger charge is 2.25. The molecule has 0 saturated carbocycles. The van der Waals surface area contributed by atoms with E-state index in [1.807, 2.05) is 54.4 Å².